The Morgan fingerprint density at radius 3 is 2.67 bits per heavy atom. The SMILES string of the molecule is Cc1ccnc(NC(=O)c2ccc(-c3nc(C4CCCCN4C(=O)/C=C/CN(C)C)n4ccnc(N)c34)cc2)c1. The van der Waals surface area contributed by atoms with Crippen LogP contribution in [0.25, 0.3) is 16.8 Å². The topological polar surface area (TPSA) is 122 Å². The first-order valence-corrected chi connectivity index (χ1v) is 13.4. The van der Waals surface area contributed by atoms with Gasteiger partial charge in [0.1, 0.15) is 28.7 Å². The van der Waals surface area contributed by atoms with Gasteiger partial charge in [-0.05, 0) is 70.1 Å². The fourth-order valence-corrected chi connectivity index (χ4v) is 5.02. The van der Waals surface area contributed by atoms with Crippen molar-refractivity contribution < 1.29 is 9.59 Å². The van der Waals surface area contributed by atoms with Gasteiger partial charge in [-0.2, -0.15) is 0 Å². The Morgan fingerprint density at radius 1 is 1.12 bits per heavy atom. The maximum absolute atomic E-state index is 13.2. The number of nitrogens with one attached hydrogen (secondary N) is 1. The monoisotopic (exact) mass is 538 g/mol. The summed E-state index contributed by atoms with van der Waals surface area (Å²) >= 11 is 0. The lowest BCUT2D eigenvalue weighted by molar-refractivity contribution is -0.130. The fourth-order valence-electron chi connectivity index (χ4n) is 5.02. The van der Waals surface area contributed by atoms with E-state index in [2.05, 4.69) is 15.3 Å². The van der Waals surface area contributed by atoms with Crippen LogP contribution < -0.4 is 11.1 Å². The maximum Gasteiger partial charge on any atom is 0.256 e. The maximum atomic E-state index is 13.2. The van der Waals surface area contributed by atoms with Gasteiger partial charge in [0.15, 0.2) is 0 Å². The van der Waals surface area contributed by atoms with Crippen molar-refractivity contribution in [1.82, 2.24) is 29.2 Å². The van der Waals surface area contributed by atoms with E-state index in [4.69, 9.17) is 10.7 Å². The number of carbonyl (C=O) groups excluding carboxylic acids is 2. The minimum absolute atomic E-state index is 0.0228. The van der Waals surface area contributed by atoms with Gasteiger partial charge in [0.25, 0.3) is 5.91 Å². The zero-order valence-electron chi connectivity index (χ0n) is 23.0. The lowest BCUT2D eigenvalue weighted by Gasteiger charge is -2.34. The normalized spacial score (nSPS) is 15.7. The highest BCUT2D eigenvalue weighted by atomic mass is 16.2. The molecule has 1 aliphatic heterocycles. The van der Waals surface area contributed by atoms with Gasteiger partial charge in [-0.3, -0.25) is 14.0 Å². The van der Waals surface area contributed by atoms with Gasteiger partial charge in [0.05, 0.1) is 6.04 Å². The van der Waals surface area contributed by atoms with Crippen LogP contribution in [0.3, 0.4) is 0 Å². The molecule has 1 atom stereocenters. The van der Waals surface area contributed by atoms with Crippen molar-refractivity contribution >= 4 is 29.0 Å². The molecule has 1 fully saturated rings. The number of likely N-dealkylation sites (tertiary alicyclic amines) is 1. The Hall–Kier alpha value is -4.57. The number of nitrogen functional groups attached to an aromatic ring is 1. The molecule has 2 amide bonds. The van der Waals surface area contributed by atoms with Crippen LogP contribution in [-0.4, -0.2) is 68.2 Å². The molecule has 40 heavy (non-hydrogen) atoms. The second-order valence-corrected chi connectivity index (χ2v) is 10.3. The zero-order chi connectivity index (χ0) is 28.2. The molecule has 0 aliphatic carbocycles. The molecular weight excluding hydrogens is 504 g/mol. The minimum atomic E-state index is -0.250. The molecule has 1 aliphatic rings. The molecule has 1 aromatic carbocycles. The lowest BCUT2D eigenvalue weighted by Crippen LogP contribution is -2.38. The number of pyridine rings is 1. The highest BCUT2D eigenvalue weighted by Gasteiger charge is 2.31. The van der Waals surface area contributed by atoms with Crippen LogP contribution in [0, 0.1) is 6.92 Å². The van der Waals surface area contributed by atoms with Crippen molar-refractivity contribution in [2.24, 2.45) is 0 Å². The first-order chi connectivity index (χ1) is 19.3. The second kappa shape index (κ2) is 11.7. The van der Waals surface area contributed by atoms with Crippen LogP contribution in [0.2, 0.25) is 0 Å². The highest BCUT2D eigenvalue weighted by molar-refractivity contribution is 6.04. The van der Waals surface area contributed by atoms with E-state index in [1.54, 1.807) is 30.6 Å². The summed E-state index contributed by atoms with van der Waals surface area (Å²) in [6.07, 6.45) is 11.4. The van der Waals surface area contributed by atoms with Crippen LogP contribution in [0.15, 0.2) is 67.1 Å². The first-order valence-electron chi connectivity index (χ1n) is 13.4. The number of aromatic nitrogens is 4. The molecule has 10 nitrogen and oxygen atoms in total. The number of rotatable bonds is 7. The number of aryl methyl sites for hydroxylation is 1. The molecule has 5 rings (SSSR count). The van der Waals surface area contributed by atoms with Gasteiger partial charge >= 0.3 is 0 Å². The van der Waals surface area contributed by atoms with Crippen molar-refractivity contribution in [2.45, 2.75) is 32.2 Å². The molecule has 3 N–H and O–H groups in total. The van der Waals surface area contributed by atoms with Crippen molar-refractivity contribution in [3.63, 3.8) is 0 Å². The Morgan fingerprint density at radius 2 is 1.93 bits per heavy atom. The molecule has 0 spiro atoms. The number of piperidine rings is 1. The number of amides is 2. The third kappa shape index (κ3) is 5.72. The number of likely N-dealkylation sites (N-methyl/N-ethyl adjacent to an activating group) is 1. The van der Waals surface area contributed by atoms with E-state index in [1.165, 1.54) is 0 Å². The molecule has 4 aromatic rings. The van der Waals surface area contributed by atoms with Crippen molar-refractivity contribution in [1.29, 1.82) is 0 Å². The predicted molar refractivity (Wildman–Crippen MR) is 156 cm³/mol. The Balaban J connectivity index is 1.46. The number of nitrogens with zero attached hydrogens (tertiary/aromatic N) is 6. The summed E-state index contributed by atoms with van der Waals surface area (Å²) in [5.41, 5.74) is 10.0. The summed E-state index contributed by atoms with van der Waals surface area (Å²) in [4.78, 5) is 43.5. The number of hydrogen-bond donors (Lipinski definition) is 2. The fraction of sp³-hybridized carbons (Fsp3) is 0.300. The first kappa shape index (κ1) is 27.0. The zero-order valence-corrected chi connectivity index (χ0v) is 23.0. The summed E-state index contributed by atoms with van der Waals surface area (Å²) < 4.78 is 1.95. The second-order valence-electron chi connectivity index (χ2n) is 10.3. The third-order valence-electron chi connectivity index (χ3n) is 7.00. The molecule has 1 unspecified atom stereocenters. The number of benzene rings is 1. The van der Waals surface area contributed by atoms with Crippen molar-refractivity contribution in [2.75, 3.05) is 38.2 Å². The van der Waals surface area contributed by atoms with Crippen LogP contribution in [0.4, 0.5) is 11.6 Å². The van der Waals surface area contributed by atoms with Gasteiger partial charge in [-0.25, -0.2) is 15.0 Å². The molecule has 1 saturated heterocycles. The molecule has 4 heterocycles. The van der Waals surface area contributed by atoms with E-state index in [0.29, 0.717) is 41.5 Å². The van der Waals surface area contributed by atoms with E-state index in [-0.39, 0.29) is 17.9 Å². The van der Waals surface area contributed by atoms with Gasteiger partial charge in [-0.1, -0.05) is 18.2 Å². The molecule has 0 radical (unpaired) electrons. The standard InChI is InChI=1S/C30H34N8O2/c1-20-13-14-32-24(19-20)34-30(40)22-11-9-21(10-12-22)26-27-28(31)33-15-18-38(27)29(35-26)23-7-4-5-17-37(23)25(39)8-6-16-36(2)3/h6,8-15,18-19,23H,4-5,7,16-17H2,1-3H3,(H2,31,33)(H,32,34,40)/b8-6+. The summed E-state index contributed by atoms with van der Waals surface area (Å²) in [6.45, 7) is 3.30. The number of imidazole rings is 1. The number of nitrogens with two attached hydrogens (primary N) is 1. The van der Waals surface area contributed by atoms with E-state index in [0.717, 1.165) is 36.2 Å². The summed E-state index contributed by atoms with van der Waals surface area (Å²) in [7, 11) is 3.94. The Labute approximate surface area is 233 Å². The average molecular weight is 539 g/mol. The van der Waals surface area contributed by atoms with Crippen LogP contribution in [0.5, 0.6) is 0 Å². The van der Waals surface area contributed by atoms with Gasteiger partial charge in [0, 0.05) is 48.9 Å². The minimum Gasteiger partial charge on any atom is -0.382 e. The molecule has 10 heteroatoms. The molecule has 206 valence electrons. The summed E-state index contributed by atoms with van der Waals surface area (Å²) in [6, 6.07) is 10.7. The summed E-state index contributed by atoms with van der Waals surface area (Å²) in [5.74, 6) is 1.33. The van der Waals surface area contributed by atoms with Crippen LogP contribution in [-0.2, 0) is 4.79 Å². The molecule has 0 saturated carbocycles. The Bertz CT molecular complexity index is 1560. The van der Waals surface area contributed by atoms with Crippen molar-refractivity contribution in [3.05, 3.63) is 84.1 Å². The number of hydrogen-bond acceptors (Lipinski definition) is 7. The van der Waals surface area contributed by atoms with Gasteiger partial charge < -0.3 is 20.9 Å². The van der Waals surface area contributed by atoms with E-state index < -0.39 is 0 Å². The van der Waals surface area contributed by atoms with E-state index in [1.807, 2.05) is 71.8 Å². The van der Waals surface area contributed by atoms with Crippen LogP contribution >= 0.6 is 0 Å². The molecular formula is C30H34N8O2. The van der Waals surface area contributed by atoms with E-state index >= 15 is 0 Å². The summed E-state index contributed by atoms with van der Waals surface area (Å²) in [5, 5.41) is 2.83. The van der Waals surface area contributed by atoms with Gasteiger partial charge in [-0.15, -0.1) is 0 Å². The number of anilines is 2. The molecule has 3 aromatic heterocycles. The third-order valence-corrected chi connectivity index (χ3v) is 7.00. The Kier molecular flexibility index (Phi) is 7.88. The quantitative estimate of drug-likeness (QED) is 0.340. The van der Waals surface area contributed by atoms with Gasteiger partial charge in [0.2, 0.25) is 5.91 Å². The lowest BCUT2D eigenvalue weighted by atomic mass is 10.0. The molecule has 0 bridgehead atoms. The van der Waals surface area contributed by atoms with E-state index in [9.17, 15) is 9.59 Å². The number of carbonyl (C=O) groups is 2. The van der Waals surface area contributed by atoms with Crippen molar-refractivity contribution in [3.8, 4) is 11.3 Å². The average Bonchev–Trinajstić information content (AvgIpc) is 3.34. The smallest absolute Gasteiger partial charge is 0.256 e. The predicted octanol–water partition coefficient (Wildman–Crippen LogP) is 4.11. The highest BCUT2D eigenvalue weighted by Crippen LogP contribution is 2.36. The number of fused-ring (bicyclic) bond motifs is 1. The van der Waals surface area contributed by atoms with Crippen LogP contribution in [0.1, 0.15) is 47.1 Å². The largest absolute Gasteiger partial charge is 0.382 e.